The van der Waals surface area contributed by atoms with Crippen molar-refractivity contribution in [3.8, 4) is 5.75 Å². The number of carbonyl (C=O) groups is 13. The molecule has 0 aliphatic heterocycles. The molecular formula is C43H67N13O17S. The zero-order valence-corrected chi connectivity index (χ0v) is 41.9. The first kappa shape index (κ1) is 64.4. The fourth-order valence-electron chi connectivity index (χ4n) is 6.38. The summed E-state index contributed by atoms with van der Waals surface area (Å²) in [6.07, 6.45) is -5.71. The Morgan fingerprint density at radius 3 is 1.53 bits per heavy atom. The van der Waals surface area contributed by atoms with Crippen LogP contribution >= 0.6 is 12.6 Å². The lowest BCUT2D eigenvalue weighted by atomic mass is 10.00. The lowest BCUT2D eigenvalue weighted by Gasteiger charge is -2.27. The van der Waals surface area contributed by atoms with Crippen LogP contribution in [0.3, 0.4) is 0 Å². The van der Waals surface area contributed by atoms with Crippen LogP contribution < -0.4 is 70.8 Å². The number of carboxylic acid groups (broad SMARTS) is 1. The number of phenols is 1. The first-order chi connectivity index (χ1) is 34.4. The number of hydrogen-bond acceptors (Lipinski definition) is 18. The van der Waals surface area contributed by atoms with E-state index in [1.54, 1.807) is 0 Å². The Morgan fingerprint density at radius 2 is 1.03 bits per heavy atom. The van der Waals surface area contributed by atoms with Crippen molar-refractivity contribution in [2.24, 2.45) is 28.9 Å². The average molecular weight is 1070 g/mol. The van der Waals surface area contributed by atoms with Crippen LogP contribution in [0.2, 0.25) is 0 Å². The van der Waals surface area contributed by atoms with E-state index >= 15 is 0 Å². The molecule has 0 saturated heterocycles. The van der Waals surface area contributed by atoms with E-state index in [1.165, 1.54) is 38.1 Å². The first-order valence-electron chi connectivity index (χ1n) is 22.7. The molecule has 1 aromatic rings. The van der Waals surface area contributed by atoms with Gasteiger partial charge in [0.05, 0.1) is 37.6 Å². The number of carbonyl (C=O) groups excluding carboxylic acids is 12. The second-order valence-corrected chi connectivity index (χ2v) is 17.6. The summed E-state index contributed by atoms with van der Waals surface area (Å²) in [5.74, 6) is -15.4. The van der Waals surface area contributed by atoms with Crippen molar-refractivity contribution < 1.29 is 82.8 Å². The van der Waals surface area contributed by atoms with Gasteiger partial charge in [0.25, 0.3) is 0 Å². The highest BCUT2D eigenvalue weighted by Crippen LogP contribution is 2.13. The summed E-state index contributed by atoms with van der Waals surface area (Å²) in [7, 11) is 0. The molecule has 0 bridgehead atoms. The van der Waals surface area contributed by atoms with Gasteiger partial charge in [-0.15, -0.1) is 0 Å². The normalized spacial score (nSPS) is 15.4. The van der Waals surface area contributed by atoms with E-state index in [2.05, 4.69) is 55.2 Å². The van der Waals surface area contributed by atoms with Gasteiger partial charge >= 0.3 is 5.97 Å². The quantitative estimate of drug-likeness (QED) is 0.0298. The number of aromatic hydroxyl groups is 1. The van der Waals surface area contributed by atoms with E-state index in [1.807, 2.05) is 5.32 Å². The van der Waals surface area contributed by atoms with E-state index in [4.69, 9.17) is 22.9 Å². The third-order valence-corrected chi connectivity index (χ3v) is 10.8. The highest BCUT2D eigenvalue weighted by molar-refractivity contribution is 7.80. The molecule has 30 nitrogen and oxygen atoms in total. The Morgan fingerprint density at radius 1 is 0.541 bits per heavy atom. The minimum atomic E-state index is -1.84. The molecule has 74 heavy (non-hydrogen) atoms. The lowest BCUT2D eigenvalue weighted by Crippen LogP contribution is -2.61. The number of carboxylic acids is 1. The van der Waals surface area contributed by atoms with Crippen molar-refractivity contribution in [2.75, 3.05) is 12.3 Å². The van der Waals surface area contributed by atoms with Crippen LogP contribution in [0.25, 0.3) is 0 Å². The molecule has 31 heteroatoms. The number of phenolic OH excluding ortho intramolecular Hbond substituents is 1. The summed E-state index contributed by atoms with van der Waals surface area (Å²) < 4.78 is 0. The van der Waals surface area contributed by atoms with Gasteiger partial charge in [-0.1, -0.05) is 26.0 Å². The second kappa shape index (κ2) is 31.1. The van der Waals surface area contributed by atoms with Crippen molar-refractivity contribution in [3.05, 3.63) is 29.8 Å². The minimum absolute atomic E-state index is 0.100. The number of aliphatic hydroxyl groups is 2. The number of rotatable bonds is 32. The maximum atomic E-state index is 13.7. The number of nitrogens with one attached hydrogen (secondary N) is 9. The summed E-state index contributed by atoms with van der Waals surface area (Å²) in [6, 6.07) is -8.81. The number of benzene rings is 1. The van der Waals surface area contributed by atoms with Crippen molar-refractivity contribution in [3.63, 3.8) is 0 Å². The molecule has 0 aliphatic rings. The number of thiol groups is 1. The second-order valence-electron chi connectivity index (χ2n) is 17.3. The summed E-state index contributed by atoms with van der Waals surface area (Å²) in [5, 5.41) is 59.3. The van der Waals surface area contributed by atoms with Crippen LogP contribution in [-0.4, -0.2) is 176 Å². The van der Waals surface area contributed by atoms with Gasteiger partial charge in [-0.3, -0.25) is 57.5 Å². The molecule has 1 aromatic carbocycles. The molecule has 0 heterocycles. The molecule has 11 unspecified atom stereocenters. The highest BCUT2D eigenvalue weighted by Gasteiger charge is 2.36. The minimum Gasteiger partial charge on any atom is -0.508 e. The largest absolute Gasteiger partial charge is 0.508 e. The van der Waals surface area contributed by atoms with Crippen LogP contribution in [0, 0.1) is 5.92 Å². The van der Waals surface area contributed by atoms with Gasteiger partial charge in [-0.05, 0) is 50.8 Å². The van der Waals surface area contributed by atoms with Gasteiger partial charge in [0.1, 0.15) is 48.0 Å². The molecule has 0 radical (unpaired) electrons. The van der Waals surface area contributed by atoms with Crippen molar-refractivity contribution in [1.82, 2.24) is 47.9 Å². The summed E-state index contributed by atoms with van der Waals surface area (Å²) >= 11 is 4.05. The Kier molecular flexibility index (Phi) is 27.0. The van der Waals surface area contributed by atoms with Crippen LogP contribution in [0.15, 0.2) is 24.3 Å². The molecule has 0 spiro atoms. The smallest absolute Gasteiger partial charge is 0.328 e. The maximum absolute atomic E-state index is 13.7. The van der Waals surface area contributed by atoms with Gasteiger partial charge in [0.15, 0.2) is 6.04 Å². The van der Waals surface area contributed by atoms with Crippen LogP contribution in [0.5, 0.6) is 5.75 Å². The number of aliphatic hydroxyl groups excluding tert-OH is 2. The SMILES string of the molecule is CC(NC(=O)C(CCC(N)=O)NC(=O)C(CS)NC(=O)C(NC(=O)CNC(=O)C(CC(N)=O)NC(=O)C(NC(=O)C(Cc1ccc(O)cc1)NC(=O)C(N)CC(N)=O)C(C)C)C(C)O)C(=O)NC(C(=O)O)C(C)O. The van der Waals surface area contributed by atoms with E-state index in [-0.39, 0.29) is 12.2 Å². The molecular weight excluding hydrogens is 1000 g/mol. The molecule has 412 valence electrons. The molecule has 0 saturated carbocycles. The maximum Gasteiger partial charge on any atom is 0.328 e. The van der Waals surface area contributed by atoms with Crippen LogP contribution in [0.1, 0.15) is 65.9 Å². The molecule has 11 atom stereocenters. The highest BCUT2D eigenvalue weighted by atomic mass is 32.1. The fraction of sp³-hybridized carbons (Fsp3) is 0.558. The molecule has 0 fully saturated rings. The average Bonchev–Trinajstić information content (AvgIpc) is 3.30. The summed E-state index contributed by atoms with van der Waals surface area (Å²) in [4.78, 5) is 165. The zero-order valence-electron chi connectivity index (χ0n) is 41.0. The lowest BCUT2D eigenvalue weighted by molar-refractivity contribution is -0.145. The summed E-state index contributed by atoms with van der Waals surface area (Å²) in [6.45, 7) is 5.38. The molecule has 1 rings (SSSR count). The topological polar surface area (TPSA) is 515 Å². The number of amides is 12. The van der Waals surface area contributed by atoms with Crippen LogP contribution in [0.4, 0.5) is 0 Å². The fourth-order valence-corrected chi connectivity index (χ4v) is 6.63. The third-order valence-electron chi connectivity index (χ3n) is 10.5. The first-order valence-corrected chi connectivity index (χ1v) is 23.3. The van der Waals surface area contributed by atoms with E-state index in [0.29, 0.717) is 5.56 Å². The number of hydrogen-bond donors (Lipinski definition) is 18. The van der Waals surface area contributed by atoms with Gasteiger partial charge in [0.2, 0.25) is 70.9 Å². The standard InChI is InChI=1S/C43H67N13O17S/c1-17(2)32(55-39(68)25(12-21-6-8-22(59)9-7-21)51-36(65)23(44)13-29(46)61)41(70)52-26(14-30(47)62)37(66)48-15-31(63)54-33(19(4)57)42(71)53-27(16-74)40(69)50-24(10-11-28(45)60)38(67)49-18(3)35(64)56-34(20(5)58)43(72)73/h6-9,17-20,23-27,32-34,57-59,74H,10-16,44H2,1-5H3,(H2,45,60)(H2,46,61)(H2,47,62)(H,48,66)(H,49,67)(H,50,69)(H,51,65)(H,52,70)(H,53,71)(H,54,63)(H,55,68)(H,56,64)(H,72,73). The van der Waals surface area contributed by atoms with Crippen LogP contribution in [-0.2, 0) is 68.7 Å². The van der Waals surface area contributed by atoms with Gasteiger partial charge < -0.3 is 91.2 Å². The van der Waals surface area contributed by atoms with Crippen molar-refractivity contribution >= 4 is 89.5 Å². The Labute approximate surface area is 429 Å². The Bertz CT molecular complexity index is 2220. The molecule has 0 aliphatic carbocycles. The number of aliphatic carboxylic acids is 1. The van der Waals surface area contributed by atoms with Gasteiger partial charge in [0, 0.05) is 18.6 Å². The molecule has 0 aromatic heterocycles. The molecule has 12 amide bonds. The predicted molar refractivity (Wildman–Crippen MR) is 260 cm³/mol. The van der Waals surface area contributed by atoms with Crippen molar-refractivity contribution in [2.45, 2.75) is 133 Å². The Balaban J connectivity index is 3.15. The van der Waals surface area contributed by atoms with Gasteiger partial charge in [-0.2, -0.15) is 12.6 Å². The van der Waals surface area contributed by atoms with E-state index < -0.39 is 187 Å². The van der Waals surface area contributed by atoms with E-state index in [9.17, 15) is 82.8 Å². The third kappa shape index (κ3) is 22.8. The number of nitrogens with two attached hydrogens (primary N) is 4. The molecule has 21 N–H and O–H groups in total. The van der Waals surface area contributed by atoms with E-state index in [0.717, 1.165) is 20.8 Å². The van der Waals surface area contributed by atoms with Crippen molar-refractivity contribution in [1.29, 1.82) is 0 Å². The zero-order chi connectivity index (χ0) is 56.7. The predicted octanol–water partition coefficient (Wildman–Crippen LogP) is -8.28. The number of primary amides is 3. The Hall–Kier alpha value is -7.64. The van der Waals surface area contributed by atoms with Gasteiger partial charge in [-0.25, -0.2) is 4.79 Å². The summed E-state index contributed by atoms with van der Waals surface area (Å²) in [5.41, 5.74) is 21.9. The monoisotopic (exact) mass is 1070 g/mol.